The molecule has 2 fully saturated rings. The Morgan fingerprint density at radius 3 is 2.63 bits per heavy atom. The molecule has 0 radical (unpaired) electrons. The monoisotopic (exact) mass is 370 g/mol. The van der Waals surface area contributed by atoms with Gasteiger partial charge in [-0.2, -0.15) is 0 Å². The minimum absolute atomic E-state index is 0.0637. The fourth-order valence-electron chi connectivity index (χ4n) is 3.85. The van der Waals surface area contributed by atoms with Crippen molar-refractivity contribution in [2.75, 3.05) is 59.0 Å². The van der Waals surface area contributed by atoms with Gasteiger partial charge in [-0.05, 0) is 12.5 Å². The van der Waals surface area contributed by atoms with E-state index in [1.165, 1.54) is 0 Å². The number of nitrogens with one attached hydrogen (secondary N) is 1. The molecule has 7 heteroatoms. The third-order valence-electron chi connectivity index (χ3n) is 5.42. The molecule has 0 unspecified atom stereocenters. The van der Waals surface area contributed by atoms with E-state index in [0.717, 1.165) is 42.5 Å². The number of carbonyl (C=O) groups excluding carboxylic acids is 2. The first kappa shape index (κ1) is 18.0. The average molecular weight is 370 g/mol. The highest BCUT2D eigenvalue weighted by Crippen LogP contribution is 2.20. The van der Waals surface area contributed by atoms with Crippen molar-refractivity contribution >= 4 is 22.7 Å². The van der Waals surface area contributed by atoms with Crippen molar-refractivity contribution in [3.8, 4) is 0 Å². The van der Waals surface area contributed by atoms with Gasteiger partial charge in [0.25, 0.3) is 5.91 Å². The molecule has 2 aromatic rings. The van der Waals surface area contributed by atoms with Gasteiger partial charge in [0, 0.05) is 56.4 Å². The normalized spacial score (nSPS) is 19.3. The van der Waals surface area contributed by atoms with Gasteiger partial charge in [0.1, 0.15) is 0 Å². The summed E-state index contributed by atoms with van der Waals surface area (Å²) in [6.07, 6.45) is 2.68. The zero-order valence-corrected chi connectivity index (χ0v) is 15.5. The molecule has 0 atom stereocenters. The highest BCUT2D eigenvalue weighted by atomic mass is 16.5. The number of rotatable bonds is 3. The van der Waals surface area contributed by atoms with Crippen molar-refractivity contribution in [3.63, 3.8) is 0 Å². The molecule has 2 amide bonds. The van der Waals surface area contributed by atoms with Crippen LogP contribution in [0.2, 0.25) is 0 Å². The largest absolute Gasteiger partial charge is 0.378 e. The van der Waals surface area contributed by atoms with E-state index in [1.807, 2.05) is 34.1 Å². The van der Waals surface area contributed by atoms with Gasteiger partial charge in [0.05, 0.1) is 25.3 Å². The molecule has 0 saturated carbocycles. The fourth-order valence-corrected chi connectivity index (χ4v) is 3.85. The van der Waals surface area contributed by atoms with Crippen LogP contribution in [0.1, 0.15) is 16.8 Å². The minimum atomic E-state index is 0.0637. The Kier molecular flexibility index (Phi) is 5.40. The van der Waals surface area contributed by atoms with Crippen molar-refractivity contribution < 1.29 is 14.3 Å². The lowest BCUT2D eigenvalue weighted by atomic mass is 10.1. The Bertz CT molecular complexity index is 812. The molecule has 3 heterocycles. The number of carbonyl (C=O) groups is 2. The van der Waals surface area contributed by atoms with E-state index in [-0.39, 0.29) is 11.8 Å². The molecule has 1 N–H and O–H groups in total. The first-order valence-corrected chi connectivity index (χ1v) is 9.65. The second-order valence-corrected chi connectivity index (χ2v) is 7.16. The van der Waals surface area contributed by atoms with E-state index in [1.54, 1.807) is 6.20 Å². The molecular weight excluding hydrogens is 344 g/mol. The average Bonchev–Trinajstić information content (AvgIpc) is 3.00. The summed E-state index contributed by atoms with van der Waals surface area (Å²) in [5, 5.41) is 0.964. The molecule has 4 rings (SSSR count). The maximum Gasteiger partial charge on any atom is 0.256 e. The van der Waals surface area contributed by atoms with E-state index in [0.29, 0.717) is 39.4 Å². The lowest BCUT2D eigenvalue weighted by Crippen LogP contribution is -2.46. The number of morpholine rings is 1. The minimum Gasteiger partial charge on any atom is -0.378 e. The topological polar surface area (TPSA) is 68.9 Å². The smallest absolute Gasteiger partial charge is 0.256 e. The van der Waals surface area contributed by atoms with Crippen LogP contribution >= 0.6 is 0 Å². The number of fused-ring (bicyclic) bond motifs is 1. The van der Waals surface area contributed by atoms with Crippen LogP contribution in [0, 0.1) is 0 Å². The van der Waals surface area contributed by atoms with E-state index >= 15 is 0 Å². The molecule has 7 nitrogen and oxygen atoms in total. The zero-order valence-electron chi connectivity index (χ0n) is 15.5. The number of hydrogen-bond donors (Lipinski definition) is 1. The Hall–Kier alpha value is -2.38. The fraction of sp³-hybridized carbons (Fsp3) is 0.500. The van der Waals surface area contributed by atoms with Crippen molar-refractivity contribution in [1.29, 1.82) is 0 Å². The Labute approximate surface area is 158 Å². The molecule has 2 aliphatic heterocycles. The maximum absolute atomic E-state index is 13.0. The number of nitrogens with zero attached hydrogens (tertiary/aromatic N) is 3. The summed E-state index contributed by atoms with van der Waals surface area (Å²) in [6.45, 7) is 5.97. The van der Waals surface area contributed by atoms with Gasteiger partial charge in [0.15, 0.2) is 0 Å². The van der Waals surface area contributed by atoms with Crippen LogP contribution in [-0.4, -0.2) is 90.5 Å². The molecule has 2 saturated heterocycles. The number of ether oxygens (including phenoxy) is 1. The van der Waals surface area contributed by atoms with Crippen LogP contribution in [0.4, 0.5) is 0 Å². The van der Waals surface area contributed by atoms with Crippen molar-refractivity contribution in [2.45, 2.75) is 6.42 Å². The zero-order chi connectivity index (χ0) is 18.6. The van der Waals surface area contributed by atoms with Gasteiger partial charge in [-0.15, -0.1) is 0 Å². The quantitative estimate of drug-likeness (QED) is 0.881. The Morgan fingerprint density at radius 1 is 0.963 bits per heavy atom. The van der Waals surface area contributed by atoms with Gasteiger partial charge in [-0.25, -0.2) is 0 Å². The van der Waals surface area contributed by atoms with E-state index < -0.39 is 0 Å². The van der Waals surface area contributed by atoms with Crippen LogP contribution in [0.15, 0.2) is 30.5 Å². The predicted molar refractivity (Wildman–Crippen MR) is 103 cm³/mol. The second-order valence-electron chi connectivity index (χ2n) is 7.16. The van der Waals surface area contributed by atoms with E-state index in [9.17, 15) is 9.59 Å². The molecule has 1 aromatic heterocycles. The van der Waals surface area contributed by atoms with Gasteiger partial charge in [0.2, 0.25) is 5.91 Å². The van der Waals surface area contributed by atoms with Crippen LogP contribution in [-0.2, 0) is 9.53 Å². The molecule has 2 aliphatic rings. The summed E-state index contributed by atoms with van der Waals surface area (Å²) >= 11 is 0. The van der Waals surface area contributed by atoms with E-state index in [4.69, 9.17) is 4.74 Å². The van der Waals surface area contributed by atoms with Crippen molar-refractivity contribution in [3.05, 3.63) is 36.0 Å². The van der Waals surface area contributed by atoms with Crippen LogP contribution < -0.4 is 0 Å². The highest BCUT2D eigenvalue weighted by molar-refractivity contribution is 6.06. The number of benzene rings is 1. The summed E-state index contributed by atoms with van der Waals surface area (Å²) < 4.78 is 5.31. The molecular formula is C20H26N4O3. The van der Waals surface area contributed by atoms with Crippen molar-refractivity contribution in [2.24, 2.45) is 0 Å². The number of amides is 2. The number of hydrogen-bond acceptors (Lipinski definition) is 4. The molecule has 144 valence electrons. The second kappa shape index (κ2) is 8.10. The van der Waals surface area contributed by atoms with Crippen molar-refractivity contribution in [1.82, 2.24) is 19.7 Å². The van der Waals surface area contributed by atoms with Gasteiger partial charge in [-0.1, -0.05) is 18.2 Å². The molecule has 0 bridgehead atoms. The summed E-state index contributed by atoms with van der Waals surface area (Å²) in [4.78, 5) is 34.6. The lowest BCUT2D eigenvalue weighted by Gasteiger charge is -2.29. The number of aromatic nitrogens is 1. The molecule has 27 heavy (non-hydrogen) atoms. The molecule has 0 aliphatic carbocycles. The summed E-state index contributed by atoms with van der Waals surface area (Å²) in [7, 11) is 0. The number of H-pyrrole nitrogens is 1. The summed E-state index contributed by atoms with van der Waals surface area (Å²) in [5.41, 5.74) is 1.71. The molecule has 0 spiro atoms. The standard InChI is InChI=1S/C20H26N4O3/c25-19(23-10-12-27-13-11-23)15-22-6-3-7-24(9-8-22)20(26)17-14-21-18-5-2-1-4-16(17)18/h1-2,4-5,14,21H,3,6-13,15H2. The van der Waals surface area contributed by atoms with Gasteiger partial charge in [-0.3, -0.25) is 14.5 Å². The van der Waals surface area contributed by atoms with Crippen LogP contribution in [0.3, 0.4) is 0 Å². The first-order chi connectivity index (χ1) is 13.2. The van der Waals surface area contributed by atoms with Crippen LogP contribution in [0.25, 0.3) is 10.9 Å². The SMILES string of the molecule is O=C(CN1CCCN(C(=O)c2c[nH]c3ccccc23)CC1)N1CCOCC1. The Morgan fingerprint density at radius 2 is 1.78 bits per heavy atom. The molecule has 1 aromatic carbocycles. The summed E-state index contributed by atoms with van der Waals surface area (Å²) in [6, 6.07) is 7.87. The number of aromatic amines is 1. The highest BCUT2D eigenvalue weighted by Gasteiger charge is 2.25. The predicted octanol–water partition coefficient (Wildman–Crippen LogP) is 1.17. The summed E-state index contributed by atoms with van der Waals surface area (Å²) in [5.74, 6) is 0.225. The lowest BCUT2D eigenvalue weighted by molar-refractivity contribution is -0.136. The third kappa shape index (κ3) is 3.99. The first-order valence-electron chi connectivity index (χ1n) is 9.65. The Balaban J connectivity index is 1.36. The maximum atomic E-state index is 13.0. The van der Waals surface area contributed by atoms with Crippen LogP contribution in [0.5, 0.6) is 0 Å². The third-order valence-corrected chi connectivity index (χ3v) is 5.42. The van der Waals surface area contributed by atoms with E-state index in [2.05, 4.69) is 9.88 Å². The number of para-hydroxylation sites is 1. The van der Waals surface area contributed by atoms with Gasteiger partial charge >= 0.3 is 0 Å². The van der Waals surface area contributed by atoms with Gasteiger partial charge < -0.3 is 19.5 Å².